The molecule has 2 heterocycles. The Kier molecular flexibility index (Phi) is 3.90. The number of ether oxygens (including phenoxy) is 1. The first kappa shape index (κ1) is 11.5. The van der Waals surface area contributed by atoms with Crippen molar-refractivity contribution in [3.05, 3.63) is 11.1 Å². The molecule has 1 aromatic heterocycles. The van der Waals surface area contributed by atoms with E-state index < -0.39 is 0 Å². The van der Waals surface area contributed by atoms with Gasteiger partial charge < -0.3 is 9.64 Å². The van der Waals surface area contributed by atoms with Crippen molar-refractivity contribution in [2.75, 3.05) is 31.2 Å². The van der Waals surface area contributed by atoms with Crippen molar-refractivity contribution in [2.45, 2.75) is 19.8 Å². The van der Waals surface area contributed by atoms with Gasteiger partial charge in [0, 0.05) is 19.5 Å². The Balaban J connectivity index is 2.18. The standard InChI is InChI=1S/C10H15ClN4O/c1-2-3-8-12-9(11)14-10(13-8)15-4-6-16-7-5-15/h2-7H2,1H3. The highest BCUT2D eigenvalue weighted by atomic mass is 35.5. The van der Waals surface area contributed by atoms with E-state index >= 15 is 0 Å². The monoisotopic (exact) mass is 242 g/mol. The van der Waals surface area contributed by atoms with Crippen molar-refractivity contribution in [1.29, 1.82) is 0 Å². The highest BCUT2D eigenvalue weighted by molar-refractivity contribution is 6.28. The molecule has 0 amide bonds. The van der Waals surface area contributed by atoms with E-state index in [0.29, 0.717) is 19.2 Å². The zero-order valence-corrected chi connectivity index (χ0v) is 10.1. The maximum atomic E-state index is 5.88. The number of hydrogen-bond donors (Lipinski definition) is 0. The van der Waals surface area contributed by atoms with Crippen molar-refractivity contribution in [3.8, 4) is 0 Å². The van der Waals surface area contributed by atoms with Crippen molar-refractivity contribution in [2.24, 2.45) is 0 Å². The number of halogens is 1. The molecule has 0 N–H and O–H groups in total. The van der Waals surface area contributed by atoms with Gasteiger partial charge in [0.2, 0.25) is 11.2 Å². The van der Waals surface area contributed by atoms with E-state index in [4.69, 9.17) is 16.3 Å². The van der Waals surface area contributed by atoms with Crippen LogP contribution < -0.4 is 4.90 Å². The number of rotatable bonds is 3. The number of nitrogens with zero attached hydrogens (tertiary/aromatic N) is 4. The molecular formula is C10H15ClN4O. The fourth-order valence-corrected chi connectivity index (χ4v) is 1.79. The molecule has 1 aromatic rings. The lowest BCUT2D eigenvalue weighted by Crippen LogP contribution is -2.37. The first-order chi connectivity index (χ1) is 7.79. The summed E-state index contributed by atoms with van der Waals surface area (Å²) in [6.07, 6.45) is 1.84. The second kappa shape index (κ2) is 5.41. The lowest BCUT2D eigenvalue weighted by molar-refractivity contribution is 0.122. The van der Waals surface area contributed by atoms with Crippen LogP contribution in [-0.4, -0.2) is 41.3 Å². The van der Waals surface area contributed by atoms with Crippen LogP contribution in [0.3, 0.4) is 0 Å². The van der Waals surface area contributed by atoms with Crippen LogP contribution >= 0.6 is 11.6 Å². The molecule has 0 atom stereocenters. The Labute approximate surface area is 99.8 Å². The maximum Gasteiger partial charge on any atom is 0.230 e. The Morgan fingerprint density at radius 2 is 2.00 bits per heavy atom. The van der Waals surface area contributed by atoms with Gasteiger partial charge in [-0.2, -0.15) is 9.97 Å². The topological polar surface area (TPSA) is 51.1 Å². The number of anilines is 1. The second-order valence-corrected chi connectivity index (χ2v) is 4.01. The van der Waals surface area contributed by atoms with E-state index in [0.717, 1.165) is 31.8 Å². The number of hydrogen-bond acceptors (Lipinski definition) is 5. The summed E-state index contributed by atoms with van der Waals surface area (Å²) in [6.45, 7) is 5.14. The fourth-order valence-electron chi connectivity index (χ4n) is 1.62. The molecule has 0 radical (unpaired) electrons. The van der Waals surface area contributed by atoms with Crippen molar-refractivity contribution < 1.29 is 4.74 Å². The number of aryl methyl sites for hydroxylation is 1. The molecule has 0 unspecified atom stereocenters. The minimum atomic E-state index is 0.278. The predicted molar refractivity (Wildman–Crippen MR) is 61.9 cm³/mol. The molecule has 5 nitrogen and oxygen atoms in total. The third kappa shape index (κ3) is 2.80. The minimum Gasteiger partial charge on any atom is -0.378 e. The summed E-state index contributed by atoms with van der Waals surface area (Å²) >= 11 is 5.88. The molecule has 2 rings (SSSR count). The van der Waals surface area contributed by atoms with Crippen LogP contribution in [0.2, 0.25) is 5.28 Å². The van der Waals surface area contributed by atoms with E-state index in [1.54, 1.807) is 0 Å². The van der Waals surface area contributed by atoms with Crippen LogP contribution in [0.1, 0.15) is 19.2 Å². The molecule has 0 aromatic carbocycles. The summed E-state index contributed by atoms with van der Waals surface area (Å²) in [5.41, 5.74) is 0. The Bertz CT molecular complexity index is 355. The Morgan fingerprint density at radius 1 is 1.25 bits per heavy atom. The second-order valence-electron chi connectivity index (χ2n) is 3.67. The normalized spacial score (nSPS) is 16.5. The number of morpholine rings is 1. The van der Waals surface area contributed by atoms with Gasteiger partial charge in [-0.1, -0.05) is 6.92 Å². The average Bonchev–Trinajstić information content (AvgIpc) is 2.30. The SMILES string of the molecule is CCCc1nc(Cl)nc(N2CCOCC2)n1. The molecule has 1 fully saturated rings. The van der Waals surface area contributed by atoms with Gasteiger partial charge in [-0.15, -0.1) is 0 Å². The van der Waals surface area contributed by atoms with Gasteiger partial charge >= 0.3 is 0 Å². The van der Waals surface area contributed by atoms with Gasteiger partial charge in [-0.05, 0) is 18.0 Å². The first-order valence-corrected chi connectivity index (χ1v) is 5.90. The van der Waals surface area contributed by atoms with Crippen LogP contribution in [0.25, 0.3) is 0 Å². The molecular weight excluding hydrogens is 228 g/mol. The highest BCUT2D eigenvalue weighted by Gasteiger charge is 2.15. The molecule has 1 aliphatic heterocycles. The molecule has 16 heavy (non-hydrogen) atoms. The molecule has 6 heteroatoms. The predicted octanol–water partition coefficient (Wildman–Crippen LogP) is 1.31. The van der Waals surface area contributed by atoms with E-state index in [9.17, 15) is 0 Å². The van der Waals surface area contributed by atoms with Gasteiger partial charge in [-0.3, -0.25) is 0 Å². The molecule has 1 aliphatic rings. The molecule has 88 valence electrons. The summed E-state index contributed by atoms with van der Waals surface area (Å²) in [6, 6.07) is 0. The lowest BCUT2D eigenvalue weighted by Gasteiger charge is -2.26. The molecule has 0 bridgehead atoms. The average molecular weight is 243 g/mol. The Hall–Kier alpha value is -0.940. The first-order valence-electron chi connectivity index (χ1n) is 5.52. The van der Waals surface area contributed by atoms with Crippen LogP contribution in [0, 0.1) is 0 Å². The quantitative estimate of drug-likeness (QED) is 0.800. The van der Waals surface area contributed by atoms with Crippen molar-refractivity contribution >= 4 is 17.5 Å². The van der Waals surface area contributed by atoms with E-state index in [2.05, 4.69) is 26.8 Å². The molecule has 0 aliphatic carbocycles. The third-order valence-corrected chi connectivity index (χ3v) is 2.58. The van der Waals surface area contributed by atoms with Crippen LogP contribution in [0.4, 0.5) is 5.95 Å². The third-order valence-electron chi connectivity index (χ3n) is 2.41. The zero-order valence-electron chi connectivity index (χ0n) is 9.32. The van der Waals surface area contributed by atoms with Crippen LogP contribution in [0.15, 0.2) is 0 Å². The molecule has 0 saturated carbocycles. The lowest BCUT2D eigenvalue weighted by atomic mass is 10.3. The Morgan fingerprint density at radius 3 is 2.69 bits per heavy atom. The molecule has 0 spiro atoms. The van der Waals surface area contributed by atoms with E-state index in [1.165, 1.54) is 0 Å². The van der Waals surface area contributed by atoms with Gasteiger partial charge in [0.1, 0.15) is 5.82 Å². The zero-order chi connectivity index (χ0) is 11.4. The minimum absolute atomic E-state index is 0.278. The molecule has 1 saturated heterocycles. The number of aromatic nitrogens is 3. The van der Waals surface area contributed by atoms with Gasteiger partial charge in [0.25, 0.3) is 0 Å². The maximum absolute atomic E-state index is 5.88. The van der Waals surface area contributed by atoms with E-state index in [1.807, 2.05) is 0 Å². The largest absolute Gasteiger partial charge is 0.378 e. The fraction of sp³-hybridized carbons (Fsp3) is 0.700. The van der Waals surface area contributed by atoms with Gasteiger partial charge in [0.15, 0.2) is 0 Å². The summed E-state index contributed by atoms with van der Waals surface area (Å²) < 4.78 is 5.28. The van der Waals surface area contributed by atoms with Crippen molar-refractivity contribution in [1.82, 2.24) is 15.0 Å². The summed E-state index contributed by atoms with van der Waals surface area (Å²) in [4.78, 5) is 14.7. The van der Waals surface area contributed by atoms with Crippen LogP contribution in [-0.2, 0) is 11.2 Å². The van der Waals surface area contributed by atoms with E-state index in [-0.39, 0.29) is 5.28 Å². The van der Waals surface area contributed by atoms with Gasteiger partial charge in [-0.25, -0.2) is 4.98 Å². The summed E-state index contributed by atoms with van der Waals surface area (Å²) in [5, 5.41) is 0.278. The highest BCUT2D eigenvalue weighted by Crippen LogP contribution is 2.13. The summed E-state index contributed by atoms with van der Waals surface area (Å²) in [5.74, 6) is 1.44. The van der Waals surface area contributed by atoms with Crippen LogP contribution in [0.5, 0.6) is 0 Å². The van der Waals surface area contributed by atoms with Crippen molar-refractivity contribution in [3.63, 3.8) is 0 Å². The smallest absolute Gasteiger partial charge is 0.230 e. The summed E-state index contributed by atoms with van der Waals surface area (Å²) in [7, 11) is 0. The van der Waals surface area contributed by atoms with Gasteiger partial charge in [0.05, 0.1) is 13.2 Å².